The van der Waals surface area contributed by atoms with Crippen LogP contribution >= 0.6 is 0 Å². The van der Waals surface area contributed by atoms with Gasteiger partial charge in [0, 0.05) is 13.2 Å². The summed E-state index contributed by atoms with van der Waals surface area (Å²) in [5.41, 5.74) is 1.50. The molecule has 4 rings (SSSR count). The molecule has 29 heavy (non-hydrogen) atoms. The first-order chi connectivity index (χ1) is 14.1. The Balaban J connectivity index is 1.68. The first-order valence-electron chi connectivity index (χ1n) is 9.90. The number of rotatable bonds is 6. The maximum atomic E-state index is 13.4. The van der Waals surface area contributed by atoms with Crippen molar-refractivity contribution in [1.29, 1.82) is 0 Å². The lowest BCUT2D eigenvalue weighted by atomic mass is 10.1. The van der Waals surface area contributed by atoms with E-state index in [9.17, 15) is 9.59 Å². The second-order valence-electron chi connectivity index (χ2n) is 7.26. The Labute approximate surface area is 167 Å². The molecule has 1 aromatic carbocycles. The number of nitrogens with zero attached hydrogens (tertiary/aromatic N) is 3. The lowest BCUT2D eigenvalue weighted by Crippen LogP contribution is -2.38. The molecule has 8 nitrogen and oxygen atoms in total. The highest BCUT2D eigenvalue weighted by Crippen LogP contribution is 2.21. The van der Waals surface area contributed by atoms with E-state index in [1.807, 2.05) is 13.0 Å². The van der Waals surface area contributed by atoms with Gasteiger partial charge in [0.2, 0.25) is 0 Å². The largest absolute Gasteiger partial charge is 0.376 e. The minimum atomic E-state index is -0.217. The number of ether oxygens (including phenoxy) is 1. The van der Waals surface area contributed by atoms with Crippen molar-refractivity contribution < 1.29 is 14.1 Å². The standard InChI is InChI=1S/C21H24N4O4/c1-3-16-19(13(2)29-24-16)21(27)25(11-14-7-6-10-28-14)12-18-22-17-9-5-4-8-15(17)20(26)23-18/h4-5,8-9,14H,3,6-7,10-12H2,1-2H3,(H,22,23,26). The number of hydrogen-bond donors (Lipinski definition) is 1. The number of H-pyrrole nitrogens is 1. The molecule has 1 N–H and O–H groups in total. The third kappa shape index (κ3) is 3.93. The molecule has 152 valence electrons. The van der Waals surface area contributed by atoms with E-state index in [0.717, 1.165) is 12.8 Å². The number of para-hydroxylation sites is 1. The van der Waals surface area contributed by atoms with Gasteiger partial charge in [-0.1, -0.05) is 24.2 Å². The van der Waals surface area contributed by atoms with Gasteiger partial charge in [-0.2, -0.15) is 0 Å². The van der Waals surface area contributed by atoms with Gasteiger partial charge in [-0.15, -0.1) is 0 Å². The molecule has 1 aliphatic heterocycles. The SMILES string of the molecule is CCc1noc(C)c1C(=O)N(Cc1nc2ccccc2c(=O)[nH]1)CC1CCCO1. The van der Waals surface area contributed by atoms with Crippen LogP contribution < -0.4 is 5.56 Å². The van der Waals surface area contributed by atoms with Gasteiger partial charge in [0.25, 0.3) is 11.5 Å². The molecule has 1 aliphatic rings. The first kappa shape index (κ1) is 19.3. The molecule has 0 aliphatic carbocycles. The number of amides is 1. The summed E-state index contributed by atoms with van der Waals surface area (Å²) in [7, 11) is 0. The minimum Gasteiger partial charge on any atom is -0.376 e. The monoisotopic (exact) mass is 396 g/mol. The molecule has 0 spiro atoms. The van der Waals surface area contributed by atoms with Crippen molar-refractivity contribution in [3.05, 3.63) is 57.5 Å². The second kappa shape index (κ2) is 8.16. The summed E-state index contributed by atoms with van der Waals surface area (Å²) in [6, 6.07) is 7.16. The lowest BCUT2D eigenvalue weighted by Gasteiger charge is -2.25. The highest BCUT2D eigenvalue weighted by atomic mass is 16.5. The van der Waals surface area contributed by atoms with Gasteiger partial charge in [-0.25, -0.2) is 4.98 Å². The van der Waals surface area contributed by atoms with Gasteiger partial charge < -0.3 is 19.1 Å². The first-order valence-corrected chi connectivity index (χ1v) is 9.90. The van der Waals surface area contributed by atoms with E-state index in [1.54, 1.807) is 30.0 Å². The average Bonchev–Trinajstić information content (AvgIpc) is 3.36. The Hall–Kier alpha value is -3.00. The second-order valence-corrected chi connectivity index (χ2v) is 7.26. The van der Waals surface area contributed by atoms with Crippen LogP contribution in [-0.2, 0) is 17.7 Å². The molecule has 3 heterocycles. The van der Waals surface area contributed by atoms with Crippen molar-refractivity contribution in [2.24, 2.45) is 0 Å². The van der Waals surface area contributed by atoms with Crippen molar-refractivity contribution in [2.75, 3.05) is 13.2 Å². The van der Waals surface area contributed by atoms with Crippen LogP contribution in [0.5, 0.6) is 0 Å². The van der Waals surface area contributed by atoms with Crippen LogP contribution in [0.3, 0.4) is 0 Å². The zero-order chi connectivity index (χ0) is 20.4. The summed E-state index contributed by atoms with van der Waals surface area (Å²) >= 11 is 0. The van der Waals surface area contributed by atoms with Crippen LogP contribution in [-0.4, -0.2) is 45.2 Å². The fraction of sp³-hybridized carbons (Fsp3) is 0.429. The molecule has 2 aromatic heterocycles. The third-order valence-electron chi connectivity index (χ3n) is 5.22. The van der Waals surface area contributed by atoms with E-state index in [4.69, 9.17) is 9.26 Å². The lowest BCUT2D eigenvalue weighted by molar-refractivity contribution is 0.0499. The van der Waals surface area contributed by atoms with Crippen LogP contribution in [0.2, 0.25) is 0 Å². The maximum absolute atomic E-state index is 13.4. The third-order valence-corrected chi connectivity index (χ3v) is 5.22. The molecular weight excluding hydrogens is 372 g/mol. The normalized spacial score (nSPS) is 16.4. The molecule has 0 radical (unpaired) electrons. The molecule has 0 saturated carbocycles. The predicted molar refractivity (Wildman–Crippen MR) is 107 cm³/mol. The summed E-state index contributed by atoms with van der Waals surface area (Å²) in [4.78, 5) is 34.9. The number of carbonyl (C=O) groups is 1. The van der Waals surface area contributed by atoms with Gasteiger partial charge in [0.05, 0.1) is 29.2 Å². The van der Waals surface area contributed by atoms with E-state index < -0.39 is 0 Å². The highest BCUT2D eigenvalue weighted by molar-refractivity contribution is 5.96. The van der Waals surface area contributed by atoms with E-state index >= 15 is 0 Å². The van der Waals surface area contributed by atoms with E-state index in [0.29, 0.717) is 53.3 Å². The maximum Gasteiger partial charge on any atom is 0.259 e. The highest BCUT2D eigenvalue weighted by Gasteiger charge is 2.28. The predicted octanol–water partition coefficient (Wildman–Crippen LogP) is 2.60. The van der Waals surface area contributed by atoms with Crippen molar-refractivity contribution in [2.45, 2.75) is 45.8 Å². The Morgan fingerprint density at radius 1 is 1.34 bits per heavy atom. The molecule has 8 heteroatoms. The van der Waals surface area contributed by atoms with Crippen molar-refractivity contribution in [3.63, 3.8) is 0 Å². The van der Waals surface area contributed by atoms with Crippen LogP contribution in [0, 0.1) is 6.92 Å². The summed E-state index contributed by atoms with van der Waals surface area (Å²) in [6.45, 7) is 4.96. The van der Waals surface area contributed by atoms with E-state index in [1.165, 1.54) is 0 Å². The van der Waals surface area contributed by atoms with Gasteiger partial charge in [0.1, 0.15) is 17.1 Å². The number of fused-ring (bicyclic) bond motifs is 1. The summed E-state index contributed by atoms with van der Waals surface area (Å²) in [6.07, 6.45) is 2.44. The van der Waals surface area contributed by atoms with Crippen LogP contribution in [0.1, 0.15) is 47.4 Å². The zero-order valence-corrected chi connectivity index (χ0v) is 16.6. The molecule has 0 bridgehead atoms. The minimum absolute atomic E-state index is 0.0311. The number of carbonyl (C=O) groups excluding carboxylic acids is 1. The van der Waals surface area contributed by atoms with Crippen molar-refractivity contribution in [3.8, 4) is 0 Å². The Bertz CT molecular complexity index is 1080. The Kier molecular flexibility index (Phi) is 5.44. The molecule has 1 atom stereocenters. The molecule has 1 fully saturated rings. The number of aromatic nitrogens is 3. The Morgan fingerprint density at radius 2 is 2.17 bits per heavy atom. The quantitative estimate of drug-likeness (QED) is 0.687. The van der Waals surface area contributed by atoms with Crippen LogP contribution in [0.15, 0.2) is 33.6 Å². The van der Waals surface area contributed by atoms with Gasteiger partial charge >= 0.3 is 0 Å². The molecule has 1 saturated heterocycles. The molecule has 1 amide bonds. The van der Waals surface area contributed by atoms with Crippen molar-refractivity contribution >= 4 is 16.8 Å². The molecule has 1 unspecified atom stereocenters. The topological polar surface area (TPSA) is 101 Å². The number of hydrogen-bond acceptors (Lipinski definition) is 6. The molecular formula is C21H24N4O4. The van der Waals surface area contributed by atoms with E-state index in [2.05, 4.69) is 15.1 Å². The number of aromatic amines is 1. The average molecular weight is 396 g/mol. The number of benzene rings is 1. The summed E-state index contributed by atoms with van der Waals surface area (Å²) < 4.78 is 11.0. The van der Waals surface area contributed by atoms with Crippen molar-refractivity contribution in [1.82, 2.24) is 20.0 Å². The van der Waals surface area contributed by atoms with Gasteiger partial charge in [0.15, 0.2) is 0 Å². The molecule has 3 aromatic rings. The smallest absolute Gasteiger partial charge is 0.259 e. The summed E-state index contributed by atoms with van der Waals surface area (Å²) in [5, 5.41) is 4.53. The fourth-order valence-electron chi connectivity index (χ4n) is 3.74. The van der Waals surface area contributed by atoms with Crippen LogP contribution in [0.4, 0.5) is 0 Å². The number of aryl methyl sites for hydroxylation is 2. The summed E-state index contributed by atoms with van der Waals surface area (Å²) in [5.74, 6) is 0.739. The van der Waals surface area contributed by atoms with E-state index in [-0.39, 0.29) is 24.1 Å². The van der Waals surface area contributed by atoms with Gasteiger partial charge in [-0.05, 0) is 38.3 Å². The van der Waals surface area contributed by atoms with Crippen LogP contribution in [0.25, 0.3) is 10.9 Å². The Morgan fingerprint density at radius 3 is 2.93 bits per heavy atom. The number of nitrogens with one attached hydrogen (secondary N) is 1. The zero-order valence-electron chi connectivity index (χ0n) is 16.6. The van der Waals surface area contributed by atoms with Gasteiger partial charge in [-0.3, -0.25) is 9.59 Å². The fourth-order valence-corrected chi connectivity index (χ4v) is 3.74.